The maximum Gasteiger partial charge on any atom is 0.0434 e. The molecule has 1 heterocycles. The Bertz CT molecular complexity index is 866. The van der Waals surface area contributed by atoms with Crippen LogP contribution in [-0.2, 0) is 13.1 Å². The summed E-state index contributed by atoms with van der Waals surface area (Å²) in [7, 11) is 0. The predicted octanol–water partition coefficient (Wildman–Crippen LogP) is 5.75. The van der Waals surface area contributed by atoms with E-state index in [4.69, 9.17) is 11.6 Å². The maximum absolute atomic E-state index is 6.06. The highest BCUT2D eigenvalue weighted by atomic mass is 35.5. The molecule has 0 saturated carbocycles. The molecule has 118 valence electrons. The molecule has 2 heteroatoms. The Balaban J connectivity index is 1.73. The molecule has 0 fully saturated rings. The topological polar surface area (TPSA) is 3.24 Å². The molecule has 0 unspecified atom stereocenters. The van der Waals surface area contributed by atoms with Crippen molar-refractivity contribution in [1.29, 1.82) is 0 Å². The van der Waals surface area contributed by atoms with Gasteiger partial charge in [-0.25, -0.2) is 0 Å². The van der Waals surface area contributed by atoms with Crippen molar-refractivity contribution in [1.82, 2.24) is 4.90 Å². The minimum Gasteiger partial charge on any atom is -0.368 e. The van der Waals surface area contributed by atoms with Crippen molar-refractivity contribution >= 4 is 17.2 Å². The van der Waals surface area contributed by atoms with E-state index < -0.39 is 0 Å². The Morgan fingerprint density at radius 3 is 2.29 bits per heavy atom. The Morgan fingerprint density at radius 2 is 1.50 bits per heavy atom. The van der Waals surface area contributed by atoms with Gasteiger partial charge in [0.15, 0.2) is 0 Å². The highest BCUT2D eigenvalue weighted by Crippen LogP contribution is 2.32. The second-order valence-electron chi connectivity index (χ2n) is 6.10. The zero-order chi connectivity index (χ0) is 16.4. The number of benzene rings is 3. The highest BCUT2D eigenvalue weighted by Gasteiger charge is 2.18. The maximum atomic E-state index is 6.06. The summed E-state index contributed by atoms with van der Waals surface area (Å²) in [5.41, 5.74) is 6.45. The van der Waals surface area contributed by atoms with E-state index in [1.54, 1.807) is 0 Å². The minimum absolute atomic E-state index is 0.768. The predicted molar refractivity (Wildman–Crippen MR) is 101 cm³/mol. The van der Waals surface area contributed by atoms with Gasteiger partial charge in [-0.1, -0.05) is 78.3 Å². The summed E-state index contributed by atoms with van der Waals surface area (Å²) >= 11 is 6.06. The van der Waals surface area contributed by atoms with Crippen molar-refractivity contribution in [3.8, 4) is 0 Å². The highest BCUT2D eigenvalue weighted by molar-refractivity contribution is 6.30. The van der Waals surface area contributed by atoms with Crippen LogP contribution in [0, 0.1) is 0 Å². The average molecular weight is 332 g/mol. The third kappa shape index (κ3) is 3.08. The number of fused-ring (bicyclic) bond motifs is 1. The van der Waals surface area contributed by atoms with E-state index in [-0.39, 0.29) is 0 Å². The first-order chi connectivity index (χ1) is 11.8. The van der Waals surface area contributed by atoms with Gasteiger partial charge in [0.05, 0.1) is 0 Å². The van der Waals surface area contributed by atoms with Gasteiger partial charge in [-0.15, -0.1) is 0 Å². The van der Waals surface area contributed by atoms with Gasteiger partial charge in [-0.2, -0.15) is 0 Å². The normalized spacial score (nSPS) is 13.4. The first-order valence-corrected chi connectivity index (χ1v) is 8.51. The van der Waals surface area contributed by atoms with E-state index in [2.05, 4.69) is 77.8 Å². The Hall–Kier alpha value is -2.51. The molecule has 0 spiro atoms. The van der Waals surface area contributed by atoms with E-state index in [9.17, 15) is 0 Å². The standard InChI is InChI=1S/C22H18ClN/c23-20-12-10-18(11-13-20)22-16-24(14-17-6-2-1-3-7-17)15-19-8-4-5-9-21(19)22/h1-13,16H,14-15H2. The molecule has 0 bridgehead atoms. The fraction of sp³-hybridized carbons (Fsp3) is 0.0909. The van der Waals surface area contributed by atoms with Crippen molar-refractivity contribution in [2.45, 2.75) is 13.1 Å². The molecule has 0 aliphatic carbocycles. The molecule has 0 radical (unpaired) electrons. The van der Waals surface area contributed by atoms with Crippen LogP contribution in [-0.4, -0.2) is 4.90 Å². The fourth-order valence-electron chi connectivity index (χ4n) is 3.22. The van der Waals surface area contributed by atoms with Gasteiger partial charge in [0.2, 0.25) is 0 Å². The zero-order valence-corrected chi connectivity index (χ0v) is 14.1. The smallest absolute Gasteiger partial charge is 0.0434 e. The fourth-order valence-corrected chi connectivity index (χ4v) is 3.34. The van der Waals surface area contributed by atoms with Crippen LogP contribution >= 0.6 is 11.6 Å². The molecule has 0 N–H and O–H groups in total. The van der Waals surface area contributed by atoms with Crippen molar-refractivity contribution < 1.29 is 0 Å². The van der Waals surface area contributed by atoms with Crippen LogP contribution in [0.1, 0.15) is 22.3 Å². The van der Waals surface area contributed by atoms with Crippen molar-refractivity contribution in [3.05, 3.63) is 112 Å². The first kappa shape index (κ1) is 15.0. The molecular formula is C22H18ClN. The van der Waals surface area contributed by atoms with Gasteiger partial charge < -0.3 is 4.90 Å². The number of rotatable bonds is 3. The minimum atomic E-state index is 0.768. The van der Waals surface area contributed by atoms with E-state index in [0.717, 1.165) is 18.1 Å². The van der Waals surface area contributed by atoms with Crippen LogP contribution in [0.4, 0.5) is 0 Å². The van der Waals surface area contributed by atoms with Crippen LogP contribution in [0.2, 0.25) is 5.02 Å². The van der Waals surface area contributed by atoms with Crippen LogP contribution in [0.3, 0.4) is 0 Å². The summed E-state index contributed by atoms with van der Waals surface area (Å²) in [6.45, 7) is 1.84. The summed E-state index contributed by atoms with van der Waals surface area (Å²) in [4.78, 5) is 2.38. The van der Waals surface area contributed by atoms with Gasteiger partial charge in [0.25, 0.3) is 0 Å². The molecule has 3 aromatic rings. The molecular weight excluding hydrogens is 314 g/mol. The largest absolute Gasteiger partial charge is 0.368 e. The van der Waals surface area contributed by atoms with E-state index in [0.29, 0.717) is 0 Å². The van der Waals surface area contributed by atoms with Crippen LogP contribution < -0.4 is 0 Å². The molecule has 3 aromatic carbocycles. The molecule has 0 amide bonds. The molecule has 1 nitrogen and oxygen atoms in total. The van der Waals surface area contributed by atoms with Crippen LogP contribution in [0.5, 0.6) is 0 Å². The summed E-state index contributed by atoms with van der Waals surface area (Å²) in [5, 5.41) is 0.768. The number of halogens is 1. The summed E-state index contributed by atoms with van der Waals surface area (Å²) in [6, 6.07) is 27.3. The van der Waals surface area contributed by atoms with Crippen molar-refractivity contribution in [2.75, 3.05) is 0 Å². The Morgan fingerprint density at radius 1 is 0.792 bits per heavy atom. The molecule has 0 saturated heterocycles. The van der Waals surface area contributed by atoms with Gasteiger partial charge in [-0.05, 0) is 34.4 Å². The third-order valence-electron chi connectivity index (χ3n) is 4.38. The second kappa shape index (κ2) is 6.54. The van der Waals surface area contributed by atoms with Gasteiger partial charge >= 0.3 is 0 Å². The number of hydrogen-bond donors (Lipinski definition) is 0. The monoisotopic (exact) mass is 331 g/mol. The summed E-state index contributed by atoms with van der Waals surface area (Å²) in [5.74, 6) is 0. The lowest BCUT2D eigenvalue weighted by Gasteiger charge is -2.29. The molecule has 1 aliphatic rings. The van der Waals surface area contributed by atoms with Crippen molar-refractivity contribution in [3.63, 3.8) is 0 Å². The second-order valence-corrected chi connectivity index (χ2v) is 6.53. The first-order valence-electron chi connectivity index (χ1n) is 8.13. The summed E-state index contributed by atoms with van der Waals surface area (Å²) < 4.78 is 0. The Kier molecular flexibility index (Phi) is 4.10. The molecule has 0 aromatic heterocycles. The van der Waals surface area contributed by atoms with E-state index in [1.165, 1.54) is 27.8 Å². The van der Waals surface area contributed by atoms with Crippen LogP contribution in [0.15, 0.2) is 85.1 Å². The average Bonchev–Trinajstić information content (AvgIpc) is 2.63. The third-order valence-corrected chi connectivity index (χ3v) is 4.63. The SMILES string of the molecule is Clc1ccc(C2=CN(Cc3ccccc3)Cc3ccccc32)cc1. The number of hydrogen-bond acceptors (Lipinski definition) is 1. The molecule has 1 aliphatic heterocycles. The molecule has 4 rings (SSSR count). The van der Waals surface area contributed by atoms with Gasteiger partial charge in [0.1, 0.15) is 0 Å². The molecule has 0 atom stereocenters. The van der Waals surface area contributed by atoms with E-state index >= 15 is 0 Å². The van der Waals surface area contributed by atoms with Crippen molar-refractivity contribution in [2.24, 2.45) is 0 Å². The van der Waals surface area contributed by atoms with E-state index in [1.807, 2.05) is 12.1 Å². The number of nitrogens with zero attached hydrogens (tertiary/aromatic N) is 1. The lowest BCUT2D eigenvalue weighted by molar-refractivity contribution is 0.358. The lowest BCUT2D eigenvalue weighted by atomic mass is 9.91. The summed E-state index contributed by atoms with van der Waals surface area (Å²) in [6.07, 6.45) is 2.28. The van der Waals surface area contributed by atoms with Gasteiger partial charge in [-0.3, -0.25) is 0 Å². The lowest BCUT2D eigenvalue weighted by Crippen LogP contribution is -2.21. The Labute approximate surface area is 147 Å². The van der Waals surface area contributed by atoms with Gasteiger partial charge in [0, 0.05) is 29.9 Å². The molecule has 24 heavy (non-hydrogen) atoms. The zero-order valence-electron chi connectivity index (χ0n) is 13.3. The quantitative estimate of drug-likeness (QED) is 0.591. The van der Waals surface area contributed by atoms with Crippen LogP contribution in [0.25, 0.3) is 5.57 Å².